The quantitative estimate of drug-likeness (QED) is 0.786. The molecule has 0 radical (unpaired) electrons. The highest BCUT2D eigenvalue weighted by Crippen LogP contribution is 2.46. The molecule has 0 aromatic heterocycles. The molecule has 0 fully saturated rings. The summed E-state index contributed by atoms with van der Waals surface area (Å²) in [6.45, 7) is 1.90. The van der Waals surface area contributed by atoms with Crippen LogP contribution in [0.4, 0.5) is 5.69 Å². The van der Waals surface area contributed by atoms with E-state index in [1.165, 1.54) is 0 Å². The summed E-state index contributed by atoms with van der Waals surface area (Å²) >= 11 is 6.09. The van der Waals surface area contributed by atoms with Gasteiger partial charge < -0.3 is 15.2 Å². The minimum atomic E-state index is -1.04. The number of anilines is 1. The van der Waals surface area contributed by atoms with Crippen LogP contribution in [-0.2, 0) is 4.79 Å². The molecule has 0 bridgehead atoms. The zero-order valence-corrected chi connectivity index (χ0v) is 10.7. The number of fused-ring (bicyclic) bond motifs is 3. The lowest BCUT2D eigenvalue weighted by Gasteiger charge is -2.38. The van der Waals surface area contributed by atoms with Crippen LogP contribution in [0.2, 0.25) is 5.02 Å². The van der Waals surface area contributed by atoms with E-state index in [9.17, 15) is 9.90 Å². The van der Waals surface area contributed by atoms with E-state index in [-0.39, 0.29) is 11.8 Å². The Balaban J connectivity index is 2.14. The molecule has 0 saturated heterocycles. The molecular formula is C14H13ClNO2-. The molecule has 3 rings (SSSR count). The van der Waals surface area contributed by atoms with Crippen LogP contribution in [0.3, 0.4) is 0 Å². The molecule has 4 heteroatoms. The maximum Gasteiger partial charge on any atom is 0.0698 e. The molecule has 1 aromatic rings. The van der Waals surface area contributed by atoms with E-state index in [0.717, 1.165) is 23.2 Å². The molecule has 0 unspecified atom stereocenters. The number of benzene rings is 1. The van der Waals surface area contributed by atoms with Crippen LogP contribution < -0.4 is 10.4 Å². The third-order valence-corrected chi connectivity index (χ3v) is 4.39. The van der Waals surface area contributed by atoms with E-state index in [0.29, 0.717) is 5.02 Å². The van der Waals surface area contributed by atoms with Gasteiger partial charge in [0.2, 0.25) is 0 Å². The number of allylic oxidation sites excluding steroid dienone is 2. The molecule has 94 valence electrons. The third-order valence-electron chi connectivity index (χ3n) is 3.99. The van der Waals surface area contributed by atoms with Crippen molar-refractivity contribution >= 4 is 23.3 Å². The summed E-state index contributed by atoms with van der Waals surface area (Å²) in [5.41, 5.74) is 2.89. The van der Waals surface area contributed by atoms with Crippen molar-refractivity contribution in [3.8, 4) is 0 Å². The van der Waals surface area contributed by atoms with Gasteiger partial charge in [-0.05, 0) is 36.5 Å². The Morgan fingerprint density at radius 2 is 2.28 bits per heavy atom. The molecule has 0 spiro atoms. The van der Waals surface area contributed by atoms with E-state index in [4.69, 9.17) is 11.6 Å². The number of halogens is 1. The van der Waals surface area contributed by atoms with Gasteiger partial charge in [-0.2, -0.15) is 0 Å². The van der Waals surface area contributed by atoms with Crippen LogP contribution in [0.15, 0.2) is 24.3 Å². The summed E-state index contributed by atoms with van der Waals surface area (Å²) in [5.74, 6) is -0.845. The Morgan fingerprint density at radius 3 is 3.00 bits per heavy atom. The van der Waals surface area contributed by atoms with Crippen molar-refractivity contribution in [2.24, 2.45) is 5.92 Å². The number of nitrogens with one attached hydrogen (secondary N) is 1. The first kappa shape index (κ1) is 11.6. The molecule has 3 nitrogen and oxygen atoms in total. The molecule has 1 aromatic carbocycles. The second-order valence-electron chi connectivity index (χ2n) is 4.93. The van der Waals surface area contributed by atoms with Gasteiger partial charge in [0.05, 0.1) is 12.0 Å². The lowest BCUT2D eigenvalue weighted by molar-refractivity contribution is -0.308. The van der Waals surface area contributed by atoms with Gasteiger partial charge in [-0.1, -0.05) is 29.8 Å². The van der Waals surface area contributed by atoms with Gasteiger partial charge >= 0.3 is 0 Å². The highest BCUT2D eigenvalue weighted by molar-refractivity contribution is 6.31. The monoisotopic (exact) mass is 262 g/mol. The largest absolute Gasteiger partial charge is 0.548 e. The van der Waals surface area contributed by atoms with Crippen molar-refractivity contribution in [3.05, 3.63) is 40.4 Å². The molecule has 1 N–H and O–H groups in total. The maximum absolute atomic E-state index is 11.3. The molecule has 2 aliphatic rings. The SMILES string of the molecule is Cc1c(Cl)ccc2c1N[C@H](C(=O)[O-])[C@H]1CC=C[C@@H]21. The average Bonchev–Trinajstić information content (AvgIpc) is 2.81. The van der Waals surface area contributed by atoms with Crippen LogP contribution >= 0.6 is 11.6 Å². The van der Waals surface area contributed by atoms with Gasteiger partial charge in [-0.3, -0.25) is 0 Å². The lowest BCUT2D eigenvalue weighted by atomic mass is 9.78. The highest BCUT2D eigenvalue weighted by Gasteiger charge is 2.38. The number of rotatable bonds is 1. The number of aliphatic carboxylic acids is 1. The van der Waals surface area contributed by atoms with Gasteiger partial charge in [-0.15, -0.1) is 0 Å². The van der Waals surface area contributed by atoms with Gasteiger partial charge in [0.1, 0.15) is 0 Å². The minimum absolute atomic E-state index is 0.0445. The molecule has 1 heterocycles. The van der Waals surface area contributed by atoms with Crippen LogP contribution in [0.5, 0.6) is 0 Å². The summed E-state index contributed by atoms with van der Waals surface area (Å²) in [6.07, 6.45) is 4.91. The fourth-order valence-electron chi connectivity index (χ4n) is 3.02. The van der Waals surface area contributed by atoms with E-state index in [1.54, 1.807) is 0 Å². The van der Waals surface area contributed by atoms with Gasteiger partial charge in [0, 0.05) is 16.6 Å². The number of carbonyl (C=O) groups is 1. The Bertz CT molecular complexity index is 553. The lowest BCUT2D eigenvalue weighted by Crippen LogP contribution is -2.49. The molecular weight excluding hydrogens is 250 g/mol. The van der Waals surface area contributed by atoms with Crippen molar-refractivity contribution in [3.63, 3.8) is 0 Å². The van der Waals surface area contributed by atoms with E-state index in [2.05, 4.69) is 11.4 Å². The second-order valence-corrected chi connectivity index (χ2v) is 5.34. The van der Waals surface area contributed by atoms with E-state index in [1.807, 2.05) is 25.1 Å². The predicted molar refractivity (Wildman–Crippen MR) is 68.6 cm³/mol. The summed E-state index contributed by atoms with van der Waals surface area (Å²) in [6, 6.07) is 3.21. The van der Waals surface area contributed by atoms with Crippen LogP contribution in [0.25, 0.3) is 0 Å². The van der Waals surface area contributed by atoms with Gasteiger partial charge in [-0.25, -0.2) is 0 Å². The zero-order valence-electron chi connectivity index (χ0n) is 9.94. The Morgan fingerprint density at radius 1 is 1.50 bits per heavy atom. The average molecular weight is 263 g/mol. The molecule has 0 saturated carbocycles. The van der Waals surface area contributed by atoms with Gasteiger partial charge in [0.25, 0.3) is 0 Å². The first-order chi connectivity index (χ1) is 8.59. The van der Waals surface area contributed by atoms with E-state index >= 15 is 0 Å². The van der Waals surface area contributed by atoms with Crippen molar-refractivity contribution in [2.75, 3.05) is 5.32 Å². The van der Waals surface area contributed by atoms with Crippen molar-refractivity contribution in [1.29, 1.82) is 0 Å². The highest BCUT2D eigenvalue weighted by atomic mass is 35.5. The molecule has 1 aliphatic carbocycles. The summed E-state index contributed by atoms with van der Waals surface area (Å²) in [7, 11) is 0. The Hall–Kier alpha value is -1.48. The normalized spacial score (nSPS) is 28.4. The summed E-state index contributed by atoms with van der Waals surface area (Å²) < 4.78 is 0. The van der Waals surface area contributed by atoms with Crippen LogP contribution in [-0.4, -0.2) is 12.0 Å². The number of carbonyl (C=O) groups excluding carboxylic acids is 1. The van der Waals surface area contributed by atoms with Gasteiger partial charge in [0.15, 0.2) is 0 Å². The number of carboxylic acids is 1. The van der Waals surface area contributed by atoms with Crippen molar-refractivity contribution in [1.82, 2.24) is 0 Å². The number of hydrogen-bond acceptors (Lipinski definition) is 3. The molecule has 18 heavy (non-hydrogen) atoms. The predicted octanol–water partition coefficient (Wildman–Crippen LogP) is 1.85. The second kappa shape index (κ2) is 4.02. The van der Waals surface area contributed by atoms with Crippen LogP contribution in [0, 0.1) is 12.8 Å². The molecule has 3 atom stereocenters. The van der Waals surface area contributed by atoms with Crippen molar-refractivity contribution < 1.29 is 9.90 Å². The topological polar surface area (TPSA) is 52.2 Å². The summed E-state index contributed by atoms with van der Waals surface area (Å²) in [5, 5.41) is 15.0. The first-order valence-electron chi connectivity index (χ1n) is 6.02. The fourth-order valence-corrected chi connectivity index (χ4v) is 3.18. The minimum Gasteiger partial charge on any atom is -0.548 e. The molecule has 1 aliphatic heterocycles. The number of hydrogen-bond donors (Lipinski definition) is 1. The standard InChI is InChI=1S/C14H14ClNO2/c1-7-11(15)6-5-10-8-3-2-4-9(8)13(14(17)18)16-12(7)10/h2-3,5-6,8-9,13,16H,4H2,1H3,(H,17,18)/p-1/t8-,9+,13+/m1/s1. The Kier molecular flexibility index (Phi) is 2.59. The molecule has 0 amide bonds. The van der Waals surface area contributed by atoms with E-state index < -0.39 is 12.0 Å². The summed E-state index contributed by atoms with van der Waals surface area (Å²) in [4.78, 5) is 11.3. The third kappa shape index (κ3) is 1.54. The van der Waals surface area contributed by atoms with Crippen LogP contribution in [0.1, 0.15) is 23.5 Å². The Labute approximate surface area is 110 Å². The fraction of sp³-hybridized carbons (Fsp3) is 0.357. The number of carboxylic acid groups (broad SMARTS) is 1. The zero-order chi connectivity index (χ0) is 12.9. The van der Waals surface area contributed by atoms with Crippen molar-refractivity contribution in [2.45, 2.75) is 25.3 Å². The smallest absolute Gasteiger partial charge is 0.0698 e. The maximum atomic E-state index is 11.3. The first-order valence-corrected chi connectivity index (χ1v) is 6.40.